The zero-order chi connectivity index (χ0) is 10.4. The van der Waals surface area contributed by atoms with E-state index in [1.165, 1.54) is 6.92 Å². The van der Waals surface area contributed by atoms with Crippen molar-refractivity contribution in [2.45, 2.75) is 33.7 Å². The van der Waals surface area contributed by atoms with E-state index in [0.29, 0.717) is 12.5 Å². The third kappa shape index (κ3) is 6.13. The fourth-order valence-corrected chi connectivity index (χ4v) is 0.828. The first-order chi connectivity index (χ1) is 5.93. The predicted molar refractivity (Wildman–Crippen MR) is 51.1 cm³/mol. The Balaban J connectivity index is 3.76. The van der Waals surface area contributed by atoms with Gasteiger partial charge in [0.15, 0.2) is 0 Å². The summed E-state index contributed by atoms with van der Waals surface area (Å²) in [7, 11) is 0. The van der Waals surface area contributed by atoms with Gasteiger partial charge in [-0.2, -0.15) is 0 Å². The summed E-state index contributed by atoms with van der Waals surface area (Å²) >= 11 is 0. The van der Waals surface area contributed by atoms with E-state index in [2.05, 4.69) is 10.6 Å². The molecule has 0 saturated carbocycles. The minimum absolute atomic E-state index is 0.135. The summed E-state index contributed by atoms with van der Waals surface area (Å²) in [5.74, 6) is 0.101. The Morgan fingerprint density at radius 2 is 1.77 bits per heavy atom. The van der Waals surface area contributed by atoms with Crippen LogP contribution in [-0.2, 0) is 9.59 Å². The largest absolute Gasteiger partial charge is 0.354 e. The molecule has 2 amide bonds. The van der Waals surface area contributed by atoms with Gasteiger partial charge < -0.3 is 10.6 Å². The third-order valence-electron chi connectivity index (χ3n) is 1.50. The van der Waals surface area contributed by atoms with Gasteiger partial charge in [-0.3, -0.25) is 9.59 Å². The SMILES string of the molecule is CC(=O)N[C@H](C)C(=O)NCC(C)C. The summed E-state index contributed by atoms with van der Waals surface area (Å²) in [6.07, 6.45) is 0. The molecule has 0 aromatic carbocycles. The van der Waals surface area contributed by atoms with Crippen LogP contribution in [0.5, 0.6) is 0 Å². The maximum atomic E-state index is 11.3. The van der Waals surface area contributed by atoms with Crippen LogP contribution >= 0.6 is 0 Å². The molecule has 2 N–H and O–H groups in total. The Bertz CT molecular complexity index is 190. The fraction of sp³-hybridized carbons (Fsp3) is 0.778. The van der Waals surface area contributed by atoms with E-state index in [9.17, 15) is 9.59 Å². The van der Waals surface area contributed by atoms with Gasteiger partial charge >= 0.3 is 0 Å². The lowest BCUT2D eigenvalue weighted by Crippen LogP contribution is -2.44. The van der Waals surface area contributed by atoms with Gasteiger partial charge in [-0.25, -0.2) is 0 Å². The van der Waals surface area contributed by atoms with E-state index >= 15 is 0 Å². The second-order valence-electron chi connectivity index (χ2n) is 3.56. The Morgan fingerprint density at radius 1 is 1.23 bits per heavy atom. The van der Waals surface area contributed by atoms with Gasteiger partial charge in [-0.05, 0) is 12.8 Å². The van der Waals surface area contributed by atoms with Gasteiger partial charge in [0.2, 0.25) is 11.8 Å². The standard InChI is InChI=1S/C9H18N2O2/c1-6(2)5-10-9(13)7(3)11-8(4)12/h6-7H,5H2,1-4H3,(H,10,13)(H,11,12)/t7-/m1/s1. The van der Waals surface area contributed by atoms with Gasteiger partial charge in [-0.1, -0.05) is 13.8 Å². The van der Waals surface area contributed by atoms with Crippen molar-refractivity contribution < 1.29 is 9.59 Å². The number of hydrogen-bond donors (Lipinski definition) is 2. The van der Waals surface area contributed by atoms with Crippen molar-refractivity contribution in [2.75, 3.05) is 6.54 Å². The lowest BCUT2D eigenvalue weighted by Gasteiger charge is -2.13. The highest BCUT2D eigenvalue weighted by Crippen LogP contribution is 1.88. The lowest BCUT2D eigenvalue weighted by atomic mass is 10.2. The topological polar surface area (TPSA) is 58.2 Å². The van der Waals surface area contributed by atoms with Crippen LogP contribution in [0.1, 0.15) is 27.7 Å². The smallest absolute Gasteiger partial charge is 0.242 e. The van der Waals surface area contributed by atoms with Crippen LogP contribution in [0.25, 0.3) is 0 Å². The summed E-state index contributed by atoms with van der Waals surface area (Å²) < 4.78 is 0. The van der Waals surface area contributed by atoms with Crippen molar-refractivity contribution in [1.82, 2.24) is 10.6 Å². The first-order valence-corrected chi connectivity index (χ1v) is 4.48. The number of amides is 2. The lowest BCUT2D eigenvalue weighted by molar-refractivity contribution is -0.127. The van der Waals surface area contributed by atoms with Gasteiger partial charge in [-0.15, -0.1) is 0 Å². The van der Waals surface area contributed by atoms with Crippen molar-refractivity contribution in [2.24, 2.45) is 5.92 Å². The molecule has 0 aliphatic carbocycles. The molecule has 0 aromatic rings. The number of carbonyl (C=O) groups is 2. The molecular formula is C9H18N2O2. The van der Waals surface area contributed by atoms with E-state index in [-0.39, 0.29) is 11.8 Å². The van der Waals surface area contributed by atoms with Crippen LogP contribution in [0.4, 0.5) is 0 Å². The van der Waals surface area contributed by atoms with Gasteiger partial charge in [0.25, 0.3) is 0 Å². The number of nitrogens with one attached hydrogen (secondary N) is 2. The highest BCUT2D eigenvalue weighted by atomic mass is 16.2. The zero-order valence-electron chi connectivity index (χ0n) is 8.68. The maximum absolute atomic E-state index is 11.3. The molecule has 0 unspecified atom stereocenters. The summed E-state index contributed by atoms with van der Waals surface area (Å²) in [6.45, 7) is 7.73. The summed E-state index contributed by atoms with van der Waals surface area (Å²) in [4.78, 5) is 21.9. The fourth-order valence-electron chi connectivity index (χ4n) is 0.828. The van der Waals surface area contributed by atoms with Gasteiger partial charge in [0.1, 0.15) is 6.04 Å². The number of hydrogen-bond acceptors (Lipinski definition) is 2. The molecule has 0 heterocycles. The van der Waals surface area contributed by atoms with Crippen molar-refractivity contribution in [3.05, 3.63) is 0 Å². The molecule has 4 heteroatoms. The molecule has 0 spiro atoms. The first-order valence-electron chi connectivity index (χ1n) is 4.48. The molecule has 1 atom stereocenters. The summed E-state index contributed by atoms with van der Waals surface area (Å²) in [5.41, 5.74) is 0. The molecule has 0 radical (unpaired) electrons. The second-order valence-corrected chi connectivity index (χ2v) is 3.56. The van der Waals surface area contributed by atoms with Crippen molar-refractivity contribution in [1.29, 1.82) is 0 Å². The van der Waals surface area contributed by atoms with Crippen LogP contribution < -0.4 is 10.6 Å². The van der Waals surface area contributed by atoms with Crippen LogP contribution in [0.3, 0.4) is 0 Å². The second kappa shape index (κ2) is 5.56. The van der Waals surface area contributed by atoms with E-state index in [1.54, 1.807) is 6.92 Å². The van der Waals surface area contributed by atoms with Crippen molar-refractivity contribution in [3.8, 4) is 0 Å². The van der Waals surface area contributed by atoms with Crippen molar-refractivity contribution >= 4 is 11.8 Å². The average Bonchev–Trinajstić information content (AvgIpc) is 1.98. The highest BCUT2D eigenvalue weighted by Gasteiger charge is 2.12. The van der Waals surface area contributed by atoms with Crippen LogP contribution in [0, 0.1) is 5.92 Å². The van der Waals surface area contributed by atoms with Crippen LogP contribution in [0.15, 0.2) is 0 Å². The van der Waals surface area contributed by atoms with E-state index in [1.807, 2.05) is 13.8 Å². The molecule has 76 valence electrons. The monoisotopic (exact) mass is 186 g/mol. The average molecular weight is 186 g/mol. The molecule has 0 rings (SSSR count). The normalized spacial score (nSPS) is 12.4. The Kier molecular flexibility index (Phi) is 5.11. The molecule has 0 aliphatic heterocycles. The maximum Gasteiger partial charge on any atom is 0.242 e. The van der Waals surface area contributed by atoms with Gasteiger partial charge in [0, 0.05) is 13.5 Å². The zero-order valence-corrected chi connectivity index (χ0v) is 8.68. The number of rotatable bonds is 4. The van der Waals surface area contributed by atoms with Crippen LogP contribution in [-0.4, -0.2) is 24.4 Å². The summed E-state index contributed by atoms with van der Waals surface area (Å²) in [6, 6.07) is -0.448. The Labute approximate surface area is 79.1 Å². The molecule has 0 bridgehead atoms. The quantitative estimate of drug-likeness (QED) is 0.662. The van der Waals surface area contributed by atoms with E-state index < -0.39 is 6.04 Å². The molecule has 0 aliphatic rings. The number of carbonyl (C=O) groups excluding carboxylic acids is 2. The van der Waals surface area contributed by atoms with Gasteiger partial charge in [0.05, 0.1) is 0 Å². The molecule has 13 heavy (non-hydrogen) atoms. The first kappa shape index (κ1) is 11.9. The Morgan fingerprint density at radius 3 is 2.15 bits per heavy atom. The summed E-state index contributed by atoms with van der Waals surface area (Å²) in [5, 5.41) is 5.25. The molecule has 0 aromatic heterocycles. The minimum atomic E-state index is -0.448. The minimum Gasteiger partial charge on any atom is -0.354 e. The molecule has 4 nitrogen and oxygen atoms in total. The van der Waals surface area contributed by atoms with Crippen molar-refractivity contribution in [3.63, 3.8) is 0 Å². The molecule has 0 fully saturated rings. The highest BCUT2D eigenvalue weighted by molar-refractivity contribution is 5.86. The van der Waals surface area contributed by atoms with E-state index in [0.717, 1.165) is 0 Å². The van der Waals surface area contributed by atoms with Crippen LogP contribution in [0.2, 0.25) is 0 Å². The van der Waals surface area contributed by atoms with E-state index in [4.69, 9.17) is 0 Å². The third-order valence-corrected chi connectivity index (χ3v) is 1.50. The predicted octanol–water partition coefficient (Wildman–Crippen LogP) is 0.283. The Hall–Kier alpha value is -1.06. The molecular weight excluding hydrogens is 168 g/mol. The molecule has 0 saturated heterocycles.